The van der Waals surface area contributed by atoms with E-state index < -0.39 is 29.5 Å². The Morgan fingerprint density at radius 2 is 1.72 bits per heavy atom. The third-order valence-electron chi connectivity index (χ3n) is 9.08. The Kier molecular flexibility index (Phi) is 9.27. The number of hydrogen-bond donors (Lipinski definition) is 1. The molecule has 0 bridgehead atoms. The van der Waals surface area contributed by atoms with Crippen LogP contribution in [0.4, 0.5) is 18.9 Å². The lowest BCUT2D eigenvalue weighted by Gasteiger charge is -2.41. The molecule has 0 aliphatic carbocycles. The largest absolute Gasteiger partial charge is 0.479 e. The number of pyridine rings is 2. The Balaban J connectivity index is 1.51. The topological polar surface area (TPSA) is 78.8 Å². The number of hydrogen-bond acceptors (Lipinski definition) is 6. The number of anilines is 1. The van der Waals surface area contributed by atoms with Gasteiger partial charge in [-0.15, -0.1) is 0 Å². The van der Waals surface area contributed by atoms with Gasteiger partial charge in [0.25, 0.3) is 0 Å². The molecule has 1 atom stereocenters. The van der Waals surface area contributed by atoms with Crippen molar-refractivity contribution in [2.45, 2.75) is 98.7 Å². The SMILES string of the molecule is Cc1nc(C)c([C@H](OC(C)(C)C)C(=O)O)c(N2CCC(C)(C)CC2)c1-c1ccc2c(c1)CCN(Cc1ccc(C(F)(F)F)nc1)C2. The molecule has 5 rings (SSSR count). The van der Waals surface area contributed by atoms with Crippen LogP contribution in [0, 0.1) is 19.3 Å². The molecule has 0 radical (unpaired) electrons. The number of rotatable bonds is 7. The van der Waals surface area contributed by atoms with E-state index >= 15 is 0 Å². The Bertz CT molecular complexity index is 1590. The van der Waals surface area contributed by atoms with Gasteiger partial charge in [0.1, 0.15) is 5.69 Å². The Morgan fingerprint density at radius 3 is 2.30 bits per heavy atom. The highest BCUT2D eigenvalue weighted by molar-refractivity contribution is 5.88. The summed E-state index contributed by atoms with van der Waals surface area (Å²) in [6, 6.07) is 8.94. The minimum atomic E-state index is -4.45. The summed E-state index contributed by atoms with van der Waals surface area (Å²) in [7, 11) is 0. The average Bonchev–Trinajstić information content (AvgIpc) is 2.95. The van der Waals surface area contributed by atoms with Crippen molar-refractivity contribution >= 4 is 11.7 Å². The van der Waals surface area contributed by atoms with Gasteiger partial charge < -0.3 is 14.7 Å². The van der Waals surface area contributed by atoms with E-state index in [2.05, 4.69) is 46.8 Å². The number of carboxylic acid groups (broad SMARTS) is 1. The molecule has 2 aromatic heterocycles. The van der Waals surface area contributed by atoms with Crippen LogP contribution in [0.1, 0.15) is 92.9 Å². The van der Waals surface area contributed by atoms with Crippen LogP contribution in [0.25, 0.3) is 11.1 Å². The maximum absolute atomic E-state index is 13.0. The molecule has 7 nitrogen and oxygen atoms in total. The fraction of sp³-hybridized carbons (Fsp3) is 0.528. The second kappa shape index (κ2) is 12.6. The van der Waals surface area contributed by atoms with Crippen molar-refractivity contribution < 1.29 is 27.8 Å². The van der Waals surface area contributed by atoms with Gasteiger partial charge in [-0.2, -0.15) is 13.2 Å². The molecular weight excluding hydrogens is 593 g/mol. The first kappa shape index (κ1) is 33.9. The summed E-state index contributed by atoms with van der Waals surface area (Å²) >= 11 is 0. The second-order valence-corrected chi connectivity index (χ2v) is 14.5. The number of nitrogens with zero attached hydrogens (tertiary/aromatic N) is 4. The highest BCUT2D eigenvalue weighted by Gasteiger charge is 2.37. The average molecular weight is 639 g/mol. The smallest absolute Gasteiger partial charge is 0.433 e. The zero-order valence-corrected chi connectivity index (χ0v) is 27.9. The molecule has 248 valence electrons. The maximum Gasteiger partial charge on any atom is 0.433 e. The van der Waals surface area contributed by atoms with Crippen LogP contribution < -0.4 is 4.90 Å². The van der Waals surface area contributed by atoms with Crippen molar-refractivity contribution in [3.63, 3.8) is 0 Å². The first-order valence-electron chi connectivity index (χ1n) is 16.0. The predicted molar refractivity (Wildman–Crippen MR) is 173 cm³/mol. The number of carboxylic acids is 1. The highest BCUT2D eigenvalue weighted by atomic mass is 19.4. The minimum absolute atomic E-state index is 0.205. The van der Waals surface area contributed by atoms with E-state index in [-0.39, 0.29) is 5.41 Å². The molecule has 1 fully saturated rings. The molecule has 0 amide bonds. The maximum atomic E-state index is 13.0. The van der Waals surface area contributed by atoms with Crippen LogP contribution in [0.3, 0.4) is 0 Å². The van der Waals surface area contributed by atoms with E-state index in [1.807, 2.05) is 34.6 Å². The fourth-order valence-corrected chi connectivity index (χ4v) is 6.60. The molecule has 4 heterocycles. The van der Waals surface area contributed by atoms with Crippen molar-refractivity contribution in [1.82, 2.24) is 14.9 Å². The highest BCUT2D eigenvalue weighted by Crippen LogP contribution is 2.45. The molecule has 46 heavy (non-hydrogen) atoms. The summed E-state index contributed by atoms with van der Waals surface area (Å²) in [5.41, 5.74) is 6.66. The molecule has 0 saturated carbocycles. The molecule has 0 unspecified atom stereocenters. The van der Waals surface area contributed by atoms with Gasteiger partial charge in [0.15, 0.2) is 6.10 Å². The number of benzene rings is 1. The second-order valence-electron chi connectivity index (χ2n) is 14.5. The number of ether oxygens (including phenoxy) is 1. The van der Waals surface area contributed by atoms with Gasteiger partial charge in [-0.3, -0.25) is 14.9 Å². The van der Waals surface area contributed by atoms with Gasteiger partial charge in [-0.1, -0.05) is 38.1 Å². The molecule has 1 aromatic carbocycles. The van der Waals surface area contributed by atoms with E-state index in [0.29, 0.717) is 24.3 Å². The lowest BCUT2D eigenvalue weighted by molar-refractivity contribution is -0.160. The summed E-state index contributed by atoms with van der Waals surface area (Å²) < 4.78 is 45.1. The van der Waals surface area contributed by atoms with Crippen LogP contribution in [0.2, 0.25) is 0 Å². The first-order valence-corrected chi connectivity index (χ1v) is 16.0. The monoisotopic (exact) mass is 638 g/mol. The quantitative estimate of drug-likeness (QED) is 0.282. The lowest BCUT2D eigenvalue weighted by Crippen LogP contribution is -2.39. The molecule has 10 heteroatoms. The Hall–Kier alpha value is -3.50. The van der Waals surface area contributed by atoms with Crippen LogP contribution in [-0.2, 0) is 35.2 Å². The van der Waals surface area contributed by atoms with Crippen LogP contribution in [0.5, 0.6) is 0 Å². The molecule has 3 aromatic rings. The van der Waals surface area contributed by atoms with E-state index in [1.165, 1.54) is 17.8 Å². The minimum Gasteiger partial charge on any atom is -0.479 e. The van der Waals surface area contributed by atoms with Gasteiger partial charge in [0.2, 0.25) is 0 Å². The number of fused-ring (bicyclic) bond motifs is 1. The molecule has 2 aliphatic rings. The summed E-state index contributed by atoms with van der Waals surface area (Å²) in [4.78, 5) is 25.9. The number of aryl methyl sites for hydroxylation is 2. The first-order chi connectivity index (χ1) is 21.4. The molecule has 1 N–H and O–H groups in total. The van der Waals surface area contributed by atoms with Gasteiger partial charge in [0.05, 0.1) is 11.3 Å². The van der Waals surface area contributed by atoms with E-state index in [1.54, 1.807) is 0 Å². The van der Waals surface area contributed by atoms with Crippen molar-refractivity contribution in [3.8, 4) is 11.1 Å². The van der Waals surface area contributed by atoms with E-state index in [4.69, 9.17) is 9.72 Å². The van der Waals surface area contributed by atoms with Gasteiger partial charge in [-0.25, -0.2) is 4.79 Å². The summed E-state index contributed by atoms with van der Waals surface area (Å²) in [5.74, 6) is -1.04. The van der Waals surface area contributed by atoms with Crippen molar-refractivity contribution in [1.29, 1.82) is 0 Å². The number of aromatic nitrogens is 2. The van der Waals surface area contributed by atoms with Crippen molar-refractivity contribution in [3.05, 3.63) is 75.9 Å². The van der Waals surface area contributed by atoms with E-state index in [9.17, 15) is 23.1 Å². The molecule has 1 saturated heterocycles. The molecule has 2 aliphatic heterocycles. The lowest BCUT2D eigenvalue weighted by atomic mass is 9.81. The fourth-order valence-electron chi connectivity index (χ4n) is 6.60. The van der Waals surface area contributed by atoms with Gasteiger partial charge in [-0.05, 0) is 87.6 Å². The van der Waals surface area contributed by atoms with Gasteiger partial charge in [0, 0.05) is 61.4 Å². The summed E-state index contributed by atoms with van der Waals surface area (Å²) in [5, 5.41) is 10.5. The number of halogens is 3. The number of aliphatic carboxylic acids is 1. The summed E-state index contributed by atoms with van der Waals surface area (Å²) in [6.07, 6.45) is -1.57. The molecular formula is C36H45F3N4O3. The summed E-state index contributed by atoms with van der Waals surface area (Å²) in [6.45, 7) is 17.5. The van der Waals surface area contributed by atoms with Crippen LogP contribution in [0.15, 0.2) is 36.5 Å². The number of piperidine rings is 1. The normalized spacial score (nSPS) is 17.9. The molecule has 0 spiro atoms. The Labute approximate surface area is 269 Å². The van der Waals surface area contributed by atoms with Gasteiger partial charge >= 0.3 is 12.1 Å². The standard InChI is InChI=1S/C36H45F3N4O3/c1-22-29(26-9-10-27-21-42(15-12-25(27)18-26)20-24-8-11-28(40-19-24)36(37,38)39)31(43-16-13-35(6,7)14-17-43)30(23(2)41-22)32(33(44)45)46-34(3,4)5/h8-11,18-19,32H,12-17,20-21H2,1-7H3,(H,44,45)/t32-/m0/s1. The number of alkyl halides is 3. The van der Waals surface area contributed by atoms with E-state index in [0.717, 1.165) is 78.6 Å². The Morgan fingerprint density at radius 1 is 1.02 bits per heavy atom. The van der Waals surface area contributed by atoms with Crippen LogP contribution in [-0.4, -0.2) is 51.2 Å². The van der Waals surface area contributed by atoms with Crippen molar-refractivity contribution in [2.24, 2.45) is 5.41 Å². The third kappa shape index (κ3) is 7.55. The third-order valence-corrected chi connectivity index (χ3v) is 9.08. The number of carbonyl (C=O) groups is 1. The van der Waals surface area contributed by atoms with Crippen LogP contribution >= 0.6 is 0 Å². The van der Waals surface area contributed by atoms with Crippen molar-refractivity contribution in [2.75, 3.05) is 24.5 Å². The zero-order chi connectivity index (χ0) is 33.6. The predicted octanol–water partition coefficient (Wildman–Crippen LogP) is 7.90. The zero-order valence-electron chi connectivity index (χ0n) is 27.9.